The molecule has 0 bridgehead atoms. The van der Waals surface area contributed by atoms with Gasteiger partial charge in [-0.2, -0.15) is 5.26 Å². The first kappa shape index (κ1) is 26.5. The monoisotopic (exact) mass is 475 g/mol. The SMILES string of the molecule is CCOC(=O)C(C#N)CC1SC(CCNc2cccc(NC(=O)C(C)(C)C)n2)C(=O)N1CC. The molecule has 0 radical (unpaired) electrons. The first-order valence-corrected chi connectivity index (χ1v) is 12.1. The lowest BCUT2D eigenvalue weighted by Crippen LogP contribution is -2.36. The Morgan fingerprint density at radius 2 is 2.00 bits per heavy atom. The normalized spacial score (nSPS) is 19.0. The standard InChI is InChI=1S/C23H33N5O4S/c1-6-28-19(13-15(14-24)21(30)32-7-2)33-16(20(28)29)11-12-25-17-9-8-10-18(26-17)27-22(31)23(3,4)5/h8-10,15-16,19H,6-7,11-13H2,1-5H3,(H2,25,26,27,31). The van der Waals surface area contributed by atoms with Gasteiger partial charge in [-0.15, -0.1) is 11.8 Å². The minimum atomic E-state index is -0.892. The Balaban J connectivity index is 1.93. The van der Waals surface area contributed by atoms with Crippen LogP contribution in [0, 0.1) is 22.7 Å². The van der Waals surface area contributed by atoms with E-state index in [0.29, 0.717) is 31.1 Å². The maximum Gasteiger partial charge on any atom is 0.323 e. The van der Waals surface area contributed by atoms with Crippen molar-refractivity contribution in [1.82, 2.24) is 9.88 Å². The smallest absolute Gasteiger partial charge is 0.323 e. The number of esters is 1. The summed E-state index contributed by atoms with van der Waals surface area (Å²) in [6.07, 6.45) is 0.813. The molecule has 1 aromatic rings. The summed E-state index contributed by atoms with van der Waals surface area (Å²) in [7, 11) is 0. The van der Waals surface area contributed by atoms with E-state index in [4.69, 9.17) is 4.74 Å². The maximum atomic E-state index is 12.8. The van der Waals surface area contributed by atoms with E-state index < -0.39 is 17.3 Å². The molecule has 2 heterocycles. The van der Waals surface area contributed by atoms with Gasteiger partial charge in [0.15, 0.2) is 0 Å². The number of anilines is 2. The molecule has 3 atom stereocenters. The van der Waals surface area contributed by atoms with Gasteiger partial charge in [-0.25, -0.2) is 4.98 Å². The molecule has 2 rings (SSSR count). The van der Waals surface area contributed by atoms with Crippen molar-refractivity contribution in [3.8, 4) is 6.07 Å². The summed E-state index contributed by atoms with van der Waals surface area (Å²) in [6, 6.07) is 7.33. The summed E-state index contributed by atoms with van der Waals surface area (Å²) in [5.74, 6) is -0.480. The second-order valence-corrected chi connectivity index (χ2v) is 10.1. The molecule has 0 saturated carbocycles. The minimum absolute atomic E-state index is 0.00833. The number of nitrogens with one attached hydrogen (secondary N) is 2. The number of hydrogen-bond donors (Lipinski definition) is 2. The topological polar surface area (TPSA) is 124 Å². The lowest BCUT2D eigenvalue weighted by Gasteiger charge is -2.23. The van der Waals surface area contributed by atoms with Gasteiger partial charge >= 0.3 is 5.97 Å². The molecule has 1 aliphatic rings. The summed E-state index contributed by atoms with van der Waals surface area (Å²) < 4.78 is 4.98. The number of carbonyl (C=O) groups excluding carboxylic acids is 3. The highest BCUT2D eigenvalue weighted by Gasteiger charge is 2.41. The van der Waals surface area contributed by atoms with Crippen molar-refractivity contribution in [3.63, 3.8) is 0 Å². The minimum Gasteiger partial charge on any atom is -0.465 e. The van der Waals surface area contributed by atoms with Crippen LogP contribution in [-0.2, 0) is 19.1 Å². The highest BCUT2D eigenvalue weighted by molar-refractivity contribution is 8.01. The zero-order valence-corrected chi connectivity index (χ0v) is 20.7. The predicted molar refractivity (Wildman–Crippen MR) is 128 cm³/mol. The van der Waals surface area contributed by atoms with Crippen molar-refractivity contribution < 1.29 is 19.1 Å². The maximum absolute atomic E-state index is 12.8. The number of pyridine rings is 1. The Morgan fingerprint density at radius 1 is 1.30 bits per heavy atom. The highest BCUT2D eigenvalue weighted by Crippen LogP contribution is 2.37. The largest absolute Gasteiger partial charge is 0.465 e. The van der Waals surface area contributed by atoms with Gasteiger partial charge in [0.05, 0.1) is 23.3 Å². The van der Waals surface area contributed by atoms with Crippen LogP contribution in [0.25, 0.3) is 0 Å². The van der Waals surface area contributed by atoms with Crippen LogP contribution in [-0.4, -0.2) is 58.0 Å². The molecular formula is C23H33N5O4S. The summed E-state index contributed by atoms with van der Waals surface area (Å²) in [5.41, 5.74) is -0.523. The quantitative estimate of drug-likeness (QED) is 0.494. The molecule has 0 aliphatic carbocycles. The molecule has 1 saturated heterocycles. The number of thioether (sulfide) groups is 1. The number of carbonyl (C=O) groups is 3. The van der Waals surface area contributed by atoms with Gasteiger partial charge in [0.25, 0.3) is 0 Å². The molecule has 0 spiro atoms. The van der Waals surface area contributed by atoms with E-state index in [2.05, 4.69) is 15.6 Å². The Kier molecular flexibility index (Phi) is 9.53. The van der Waals surface area contributed by atoms with Gasteiger partial charge in [-0.05, 0) is 32.4 Å². The molecule has 1 aliphatic heterocycles. The molecule has 33 heavy (non-hydrogen) atoms. The number of nitriles is 1. The van der Waals surface area contributed by atoms with E-state index in [-0.39, 0.29) is 35.5 Å². The second-order valence-electron chi connectivity index (χ2n) is 8.70. The Labute approximate surface area is 199 Å². The average Bonchev–Trinajstić information content (AvgIpc) is 3.05. The highest BCUT2D eigenvalue weighted by atomic mass is 32.2. The van der Waals surface area contributed by atoms with E-state index >= 15 is 0 Å². The van der Waals surface area contributed by atoms with E-state index in [0.717, 1.165) is 0 Å². The van der Waals surface area contributed by atoms with Crippen molar-refractivity contribution >= 4 is 41.2 Å². The predicted octanol–water partition coefficient (Wildman–Crippen LogP) is 3.25. The Hall–Kier alpha value is -2.80. The van der Waals surface area contributed by atoms with E-state index in [1.165, 1.54) is 11.8 Å². The fourth-order valence-corrected chi connectivity index (χ4v) is 4.85. The lowest BCUT2D eigenvalue weighted by atomic mass is 9.96. The van der Waals surface area contributed by atoms with E-state index in [9.17, 15) is 19.6 Å². The number of amides is 2. The molecule has 9 nitrogen and oxygen atoms in total. The van der Waals surface area contributed by atoms with Gasteiger partial charge < -0.3 is 20.3 Å². The second kappa shape index (κ2) is 11.9. The van der Waals surface area contributed by atoms with Crippen molar-refractivity contribution in [2.24, 2.45) is 11.3 Å². The number of nitrogens with zero attached hydrogens (tertiary/aromatic N) is 3. The molecule has 1 fully saturated rings. The van der Waals surface area contributed by atoms with E-state index in [1.807, 2.05) is 33.8 Å². The summed E-state index contributed by atoms with van der Waals surface area (Å²) in [5, 5.41) is 14.9. The molecule has 0 aromatic carbocycles. The Morgan fingerprint density at radius 3 is 2.61 bits per heavy atom. The van der Waals surface area contributed by atoms with Crippen LogP contribution in [0.1, 0.15) is 47.5 Å². The van der Waals surface area contributed by atoms with Gasteiger partial charge in [0, 0.05) is 24.9 Å². The lowest BCUT2D eigenvalue weighted by molar-refractivity contribution is -0.146. The zero-order valence-electron chi connectivity index (χ0n) is 19.9. The van der Waals surface area contributed by atoms with Gasteiger partial charge in [-0.3, -0.25) is 14.4 Å². The summed E-state index contributed by atoms with van der Waals surface area (Å²) >= 11 is 1.48. The number of hydrogen-bond acceptors (Lipinski definition) is 8. The van der Waals surface area contributed by atoms with Crippen LogP contribution in [0.4, 0.5) is 11.6 Å². The fourth-order valence-electron chi connectivity index (χ4n) is 3.27. The van der Waals surface area contributed by atoms with Crippen molar-refractivity contribution in [2.45, 2.75) is 58.1 Å². The van der Waals surface area contributed by atoms with Crippen LogP contribution in [0.15, 0.2) is 18.2 Å². The summed E-state index contributed by atoms with van der Waals surface area (Å²) in [6.45, 7) is 10.3. The zero-order chi connectivity index (χ0) is 24.6. The van der Waals surface area contributed by atoms with Crippen molar-refractivity contribution in [3.05, 3.63) is 18.2 Å². The molecule has 180 valence electrons. The first-order valence-electron chi connectivity index (χ1n) is 11.1. The first-order chi connectivity index (χ1) is 15.6. The van der Waals surface area contributed by atoms with Crippen LogP contribution in [0.2, 0.25) is 0 Å². The molecule has 1 aromatic heterocycles. The molecule has 10 heteroatoms. The number of rotatable bonds is 10. The molecule has 2 N–H and O–H groups in total. The Bertz CT molecular complexity index is 896. The summed E-state index contributed by atoms with van der Waals surface area (Å²) in [4.78, 5) is 43.1. The van der Waals surface area contributed by atoms with Crippen molar-refractivity contribution in [2.75, 3.05) is 30.3 Å². The third-order valence-electron chi connectivity index (χ3n) is 5.12. The van der Waals surface area contributed by atoms with Crippen LogP contribution >= 0.6 is 11.8 Å². The van der Waals surface area contributed by atoms with Gasteiger partial charge in [0.1, 0.15) is 17.6 Å². The average molecular weight is 476 g/mol. The van der Waals surface area contributed by atoms with E-state index in [1.54, 1.807) is 30.0 Å². The molecule has 3 unspecified atom stereocenters. The van der Waals surface area contributed by atoms with Crippen LogP contribution in [0.5, 0.6) is 0 Å². The fraction of sp³-hybridized carbons (Fsp3) is 0.609. The van der Waals surface area contributed by atoms with Gasteiger partial charge in [0.2, 0.25) is 11.8 Å². The van der Waals surface area contributed by atoms with Crippen LogP contribution in [0.3, 0.4) is 0 Å². The number of ether oxygens (including phenoxy) is 1. The molecule has 2 amide bonds. The van der Waals surface area contributed by atoms with Crippen LogP contribution < -0.4 is 10.6 Å². The van der Waals surface area contributed by atoms with Gasteiger partial charge in [-0.1, -0.05) is 26.8 Å². The third kappa shape index (κ3) is 7.35. The third-order valence-corrected chi connectivity index (χ3v) is 6.64. The number of aromatic nitrogens is 1. The van der Waals surface area contributed by atoms with Crippen molar-refractivity contribution in [1.29, 1.82) is 5.26 Å². The molecular weight excluding hydrogens is 442 g/mol.